The molecule has 0 radical (unpaired) electrons. The molecular formula is C12H18ClNO2. The summed E-state index contributed by atoms with van der Waals surface area (Å²) in [5.74, 6) is 0. The second-order valence-electron chi connectivity index (χ2n) is 3.64. The van der Waals surface area contributed by atoms with E-state index in [-0.39, 0.29) is 6.61 Å². The molecule has 0 aliphatic rings. The van der Waals surface area contributed by atoms with Gasteiger partial charge in [-0.05, 0) is 37.0 Å². The van der Waals surface area contributed by atoms with Crippen LogP contribution in [0.3, 0.4) is 0 Å². The minimum Gasteiger partial charge on any atom is -0.398 e. The molecule has 0 spiro atoms. The molecule has 0 aromatic heterocycles. The van der Waals surface area contributed by atoms with Gasteiger partial charge in [0, 0.05) is 23.9 Å². The van der Waals surface area contributed by atoms with Crippen LogP contribution in [0.4, 0.5) is 5.69 Å². The first-order valence-corrected chi connectivity index (χ1v) is 5.84. The third-order valence-electron chi connectivity index (χ3n) is 2.32. The zero-order chi connectivity index (χ0) is 11.8. The second-order valence-corrected chi connectivity index (χ2v) is 4.07. The number of hydrogen-bond donors (Lipinski definition) is 2. The average Bonchev–Trinajstić information content (AvgIpc) is 2.26. The van der Waals surface area contributed by atoms with Crippen molar-refractivity contribution in [3.63, 3.8) is 0 Å². The van der Waals surface area contributed by atoms with Crippen LogP contribution in [0.25, 0.3) is 0 Å². The Kier molecular flexibility index (Phi) is 6.23. The van der Waals surface area contributed by atoms with Crippen LogP contribution >= 0.6 is 11.6 Å². The first-order chi connectivity index (χ1) is 7.74. The molecule has 16 heavy (non-hydrogen) atoms. The van der Waals surface area contributed by atoms with Gasteiger partial charge in [-0.15, -0.1) is 0 Å². The molecule has 1 rings (SSSR count). The van der Waals surface area contributed by atoms with E-state index in [0.717, 1.165) is 24.8 Å². The Labute approximate surface area is 101 Å². The second kappa shape index (κ2) is 7.49. The summed E-state index contributed by atoms with van der Waals surface area (Å²) in [5.41, 5.74) is 7.59. The first kappa shape index (κ1) is 13.3. The van der Waals surface area contributed by atoms with E-state index >= 15 is 0 Å². The van der Waals surface area contributed by atoms with Crippen molar-refractivity contribution in [2.45, 2.75) is 19.3 Å². The summed E-state index contributed by atoms with van der Waals surface area (Å²) < 4.78 is 5.43. The van der Waals surface area contributed by atoms with Crippen LogP contribution in [0, 0.1) is 0 Å². The molecule has 90 valence electrons. The Bertz CT molecular complexity index is 318. The van der Waals surface area contributed by atoms with E-state index in [2.05, 4.69) is 0 Å². The fourth-order valence-corrected chi connectivity index (χ4v) is 1.57. The van der Waals surface area contributed by atoms with Gasteiger partial charge in [0.15, 0.2) is 0 Å². The molecule has 0 amide bonds. The van der Waals surface area contributed by atoms with Crippen LogP contribution in [0.5, 0.6) is 0 Å². The van der Waals surface area contributed by atoms with E-state index in [1.807, 2.05) is 12.1 Å². The maximum Gasteiger partial charge on any atom is 0.0507 e. The summed E-state index contributed by atoms with van der Waals surface area (Å²) in [6.07, 6.45) is 2.48. The number of unbranched alkanes of at least 4 members (excludes halogenated alkanes) is 1. The van der Waals surface area contributed by atoms with Gasteiger partial charge < -0.3 is 15.6 Å². The van der Waals surface area contributed by atoms with Gasteiger partial charge in [-0.3, -0.25) is 0 Å². The first-order valence-electron chi connectivity index (χ1n) is 5.46. The highest BCUT2D eigenvalue weighted by Gasteiger charge is 1.99. The van der Waals surface area contributed by atoms with Gasteiger partial charge in [0.25, 0.3) is 0 Å². The van der Waals surface area contributed by atoms with Crippen LogP contribution in [0.1, 0.15) is 18.4 Å². The van der Waals surface area contributed by atoms with Crippen LogP contribution in [-0.4, -0.2) is 24.9 Å². The zero-order valence-electron chi connectivity index (χ0n) is 9.29. The molecule has 1 aromatic carbocycles. The Hall–Kier alpha value is -0.770. The van der Waals surface area contributed by atoms with Gasteiger partial charge in [-0.2, -0.15) is 0 Å². The van der Waals surface area contributed by atoms with Crippen molar-refractivity contribution in [1.82, 2.24) is 0 Å². The quantitative estimate of drug-likeness (QED) is 0.571. The van der Waals surface area contributed by atoms with E-state index in [4.69, 9.17) is 27.2 Å². The van der Waals surface area contributed by atoms with Gasteiger partial charge in [0.2, 0.25) is 0 Å². The maximum atomic E-state index is 8.58. The molecule has 1 aromatic rings. The predicted molar refractivity (Wildman–Crippen MR) is 66.7 cm³/mol. The summed E-state index contributed by atoms with van der Waals surface area (Å²) >= 11 is 5.80. The fourth-order valence-electron chi connectivity index (χ4n) is 1.39. The predicted octanol–water partition coefficient (Wildman–Crippen LogP) is 2.25. The van der Waals surface area contributed by atoms with Crippen molar-refractivity contribution in [2.75, 3.05) is 25.6 Å². The Morgan fingerprint density at radius 2 is 2.06 bits per heavy atom. The third-order valence-corrected chi connectivity index (χ3v) is 2.56. The van der Waals surface area contributed by atoms with E-state index in [1.165, 1.54) is 0 Å². The summed E-state index contributed by atoms with van der Waals surface area (Å²) in [5, 5.41) is 9.24. The lowest BCUT2D eigenvalue weighted by Crippen LogP contribution is -2.03. The van der Waals surface area contributed by atoms with E-state index in [9.17, 15) is 0 Å². The number of aliphatic hydroxyl groups is 1. The SMILES string of the molecule is Nc1cc(Cl)ccc1CCOCCCCO. The molecule has 0 fully saturated rings. The largest absolute Gasteiger partial charge is 0.398 e. The smallest absolute Gasteiger partial charge is 0.0507 e. The monoisotopic (exact) mass is 243 g/mol. The number of nitrogen functional groups attached to an aromatic ring is 1. The minimum absolute atomic E-state index is 0.230. The Balaban J connectivity index is 2.21. The van der Waals surface area contributed by atoms with Crippen molar-refractivity contribution >= 4 is 17.3 Å². The molecule has 0 unspecified atom stereocenters. The van der Waals surface area contributed by atoms with Gasteiger partial charge in [0.05, 0.1) is 6.61 Å². The highest BCUT2D eigenvalue weighted by atomic mass is 35.5. The standard InChI is InChI=1S/C12H18ClNO2/c13-11-4-3-10(12(14)9-11)5-8-16-7-2-1-6-15/h3-4,9,15H,1-2,5-8,14H2. The third kappa shape index (κ3) is 4.84. The molecule has 4 heteroatoms. The van der Waals surface area contributed by atoms with E-state index < -0.39 is 0 Å². The maximum absolute atomic E-state index is 8.58. The molecule has 3 nitrogen and oxygen atoms in total. The molecule has 3 N–H and O–H groups in total. The molecule has 0 atom stereocenters. The average molecular weight is 244 g/mol. The lowest BCUT2D eigenvalue weighted by Gasteiger charge is -2.07. The lowest BCUT2D eigenvalue weighted by atomic mass is 10.1. The van der Waals surface area contributed by atoms with Crippen LogP contribution < -0.4 is 5.73 Å². The fraction of sp³-hybridized carbons (Fsp3) is 0.500. The molecule has 0 saturated carbocycles. The van der Waals surface area contributed by atoms with Crippen molar-refractivity contribution in [3.8, 4) is 0 Å². The number of aliphatic hydroxyl groups excluding tert-OH is 1. The number of nitrogens with two attached hydrogens (primary N) is 1. The molecule has 0 aliphatic carbocycles. The van der Waals surface area contributed by atoms with Gasteiger partial charge >= 0.3 is 0 Å². The normalized spacial score (nSPS) is 10.6. The molecule has 0 aliphatic heterocycles. The van der Waals surface area contributed by atoms with Crippen molar-refractivity contribution < 1.29 is 9.84 Å². The minimum atomic E-state index is 0.230. The topological polar surface area (TPSA) is 55.5 Å². The molecule has 0 bridgehead atoms. The number of benzene rings is 1. The van der Waals surface area contributed by atoms with Crippen molar-refractivity contribution in [3.05, 3.63) is 28.8 Å². The number of hydrogen-bond acceptors (Lipinski definition) is 3. The molecule has 0 saturated heterocycles. The summed E-state index contributed by atoms with van der Waals surface area (Å²) in [7, 11) is 0. The lowest BCUT2D eigenvalue weighted by molar-refractivity contribution is 0.128. The Morgan fingerprint density at radius 3 is 2.75 bits per heavy atom. The van der Waals surface area contributed by atoms with Crippen LogP contribution in [0.2, 0.25) is 5.02 Å². The Morgan fingerprint density at radius 1 is 1.25 bits per heavy atom. The number of anilines is 1. The van der Waals surface area contributed by atoms with Gasteiger partial charge in [-0.25, -0.2) is 0 Å². The summed E-state index contributed by atoms with van der Waals surface area (Å²) in [6, 6.07) is 5.51. The number of ether oxygens (including phenoxy) is 1. The van der Waals surface area contributed by atoms with Crippen LogP contribution in [-0.2, 0) is 11.2 Å². The van der Waals surface area contributed by atoms with E-state index in [0.29, 0.717) is 23.9 Å². The van der Waals surface area contributed by atoms with Crippen molar-refractivity contribution in [1.29, 1.82) is 0 Å². The van der Waals surface area contributed by atoms with Crippen molar-refractivity contribution in [2.24, 2.45) is 0 Å². The molecule has 0 heterocycles. The van der Waals surface area contributed by atoms with E-state index in [1.54, 1.807) is 6.07 Å². The van der Waals surface area contributed by atoms with Crippen LogP contribution in [0.15, 0.2) is 18.2 Å². The highest BCUT2D eigenvalue weighted by molar-refractivity contribution is 6.30. The highest BCUT2D eigenvalue weighted by Crippen LogP contribution is 2.18. The zero-order valence-corrected chi connectivity index (χ0v) is 10.0. The van der Waals surface area contributed by atoms with Gasteiger partial charge in [-0.1, -0.05) is 17.7 Å². The number of rotatable bonds is 7. The molecular weight excluding hydrogens is 226 g/mol. The van der Waals surface area contributed by atoms with Gasteiger partial charge in [0.1, 0.15) is 0 Å². The summed E-state index contributed by atoms with van der Waals surface area (Å²) in [6.45, 7) is 1.57. The number of halogens is 1. The summed E-state index contributed by atoms with van der Waals surface area (Å²) in [4.78, 5) is 0.